The minimum Gasteiger partial charge on any atom is -0.391 e. The number of hydrogen-bond acceptors (Lipinski definition) is 5. The molecule has 2 unspecified atom stereocenters. The molecular weight excluding hydrogens is 274 g/mol. The number of aromatic amines is 2. The number of hydrogen-bond donors (Lipinski definition) is 3. The molecule has 0 radical (unpaired) electrons. The Morgan fingerprint density at radius 3 is 2.68 bits per heavy atom. The monoisotopic (exact) mass is 289 g/mol. The average molecular weight is 289 g/mol. The van der Waals surface area contributed by atoms with Gasteiger partial charge in [0.1, 0.15) is 0 Å². The summed E-state index contributed by atoms with van der Waals surface area (Å²) < 4.78 is 25.5. The molecule has 8 nitrogen and oxygen atoms in total. The molecule has 2 heterocycles. The molecular formula is C10H15N3O5S. The van der Waals surface area contributed by atoms with Crippen LogP contribution in [-0.2, 0) is 10.0 Å². The van der Waals surface area contributed by atoms with Crippen LogP contribution in [0.15, 0.2) is 20.7 Å². The standard InChI is InChI=1S/C10H15N3O5S/c1-6-2-3-13(5-7(6)14)19(17,18)8-4-11-10(16)12-9(8)15/h4,6-7,14H,2-3,5H2,1H3,(H2,11,12,15,16). The smallest absolute Gasteiger partial charge is 0.325 e. The molecule has 0 amide bonds. The summed E-state index contributed by atoms with van der Waals surface area (Å²) in [6, 6.07) is 0. The van der Waals surface area contributed by atoms with Crippen molar-refractivity contribution in [3.05, 3.63) is 27.0 Å². The van der Waals surface area contributed by atoms with Crippen molar-refractivity contribution in [2.75, 3.05) is 13.1 Å². The minimum absolute atomic E-state index is 0.0142. The van der Waals surface area contributed by atoms with E-state index in [-0.39, 0.29) is 19.0 Å². The van der Waals surface area contributed by atoms with Gasteiger partial charge < -0.3 is 10.1 Å². The van der Waals surface area contributed by atoms with Gasteiger partial charge in [-0.1, -0.05) is 6.92 Å². The van der Waals surface area contributed by atoms with Crippen molar-refractivity contribution in [3.63, 3.8) is 0 Å². The maximum atomic E-state index is 12.2. The normalized spacial score (nSPS) is 25.4. The first-order valence-corrected chi connectivity index (χ1v) is 7.26. The zero-order valence-electron chi connectivity index (χ0n) is 10.3. The first kappa shape index (κ1) is 14.0. The van der Waals surface area contributed by atoms with Gasteiger partial charge in [-0.2, -0.15) is 4.31 Å². The minimum atomic E-state index is -4.01. The average Bonchev–Trinajstić information content (AvgIpc) is 2.32. The predicted molar refractivity (Wildman–Crippen MR) is 66.2 cm³/mol. The third kappa shape index (κ3) is 2.62. The maximum absolute atomic E-state index is 12.2. The molecule has 106 valence electrons. The highest BCUT2D eigenvalue weighted by Crippen LogP contribution is 2.21. The molecule has 0 aliphatic carbocycles. The topological polar surface area (TPSA) is 123 Å². The lowest BCUT2D eigenvalue weighted by molar-refractivity contribution is 0.0605. The molecule has 0 bridgehead atoms. The summed E-state index contributed by atoms with van der Waals surface area (Å²) in [6.07, 6.45) is 0.633. The Morgan fingerprint density at radius 1 is 1.42 bits per heavy atom. The highest BCUT2D eigenvalue weighted by molar-refractivity contribution is 7.89. The fourth-order valence-corrected chi connectivity index (χ4v) is 3.43. The quantitative estimate of drug-likeness (QED) is 0.608. The van der Waals surface area contributed by atoms with E-state index in [1.165, 1.54) is 0 Å². The highest BCUT2D eigenvalue weighted by Gasteiger charge is 2.34. The number of nitrogens with zero attached hydrogens (tertiary/aromatic N) is 1. The van der Waals surface area contributed by atoms with E-state index in [0.717, 1.165) is 10.5 Å². The summed E-state index contributed by atoms with van der Waals surface area (Å²) in [5.41, 5.74) is -1.73. The number of aliphatic hydroxyl groups excluding tert-OH is 1. The number of rotatable bonds is 2. The molecule has 1 aromatic heterocycles. The van der Waals surface area contributed by atoms with E-state index in [4.69, 9.17) is 0 Å². The molecule has 0 saturated carbocycles. The molecule has 1 saturated heterocycles. The van der Waals surface area contributed by atoms with E-state index in [1.807, 2.05) is 11.9 Å². The van der Waals surface area contributed by atoms with Crippen molar-refractivity contribution in [2.45, 2.75) is 24.3 Å². The van der Waals surface area contributed by atoms with Crippen LogP contribution in [0, 0.1) is 5.92 Å². The molecule has 9 heteroatoms. The van der Waals surface area contributed by atoms with Gasteiger partial charge >= 0.3 is 5.69 Å². The molecule has 1 aliphatic rings. The summed E-state index contributed by atoms with van der Waals surface area (Å²) in [4.78, 5) is 25.9. The van der Waals surface area contributed by atoms with Gasteiger partial charge in [0.15, 0.2) is 4.90 Å². The van der Waals surface area contributed by atoms with Crippen molar-refractivity contribution in [1.29, 1.82) is 0 Å². The molecule has 3 N–H and O–H groups in total. The van der Waals surface area contributed by atoms with Crippen LogP contribution in [0.2, 0.25) is 0 Å². The van der Waals surface area contributed by atoms with E-state index < -0.39 is 32.3 Å². The zero-order valence-corrected chi connectivity index (χ0v) is 11.1. The molecule has 1 aliphatic heterocycles. The lowest BCUT2D eigenvalue weighted by Gasteiger charge is -2.33. The van der Waals surface area contributed by atoms with E-state index in [2.05, 4.69) is 4.98 Å². The number of aliphatic hydroxyl groups is 1. The Hall–Kier alpha value is -1.45. The lowest BCUT2D eigenvalue weighted by Crippen LogP contribution is -2.47. The Balaban J connectivity index is 2.38. The molecule has 1 aromatic rings. The number of H-pyrrole nitrogens is 2. The molecule has 1 fully saturated rings. The van der Waals surface area contributed by atoms with E-state index >= 15 is 0 Å². The predicted octanol–water partition coefficient (Wildman–Crippen LogP) is -1.55. The van der Waals surface area contributed by atoms with Crippen LogP contribution < -0.4 is 11.2 Å². The van der Waals surface area contributed by atoms with Crippen molar-refractivity contribution in [2.24, 2.45) is 5.92 Å². The Labute approximate surface area is 109 Å². The second kappa shape index (κ2) is 4.91. The zero-order chi connectivity index (χ0) is 14.2. The summed E-state index contributed by atoms with van der Waals surface area (Å²) in [7, 11) is -4.01. The fraction of sp³-hybridized carbons (Fsp3) is 0.600. The van der Waals surface area contributed by atoms with E-state index in [0.29, 0.717) is 6.42 Å². The van der Waals surface area contributed by atoms with Crippen LogP contribution in [-0.4, -0.2) is 47.0 Å². The molecule has 19 heavy (non-hydrogen) atoms. The van der Waals surface area contributed by atoms with Gasteiger partial charge in [-0.25, -0.2) is 13.2 Å². The first-order valence-electron chi connectivity index (χ1n) is 5.82. The summed E-state index contributed by atoms with van der Waals surface area (Å²) in [5, 5.41) is 9.72. The third-order valence-electron chi connectivity index (χ3n) is 3.28. The molecule has 0 aromatic carbocycles. The number of β-amino-alcohol motifs (C(OH)–C–C–N with tert-alkyl or cyclic N) is 1. The highest BCUT2D eigenvalue weighted by atomic mass is 32.2. The van der Waals surface area contributed by atoms with Crippen LogP contribution >= 0.6 is 0 Å². The van der Waals surface area contributed by atoms with Crippen LogP contribution in [0.1, 0.15) is 13.3 Å². The van der Waals surface area contributed by atoms with Gasteiger partial charge in [0.25, 0.3) is 5.56 Å². The number of sulfonamides is 1. The van der Waals surface area contributed by atoms with Gasteiger partial charge in [-0.3, -0.25) is 9.78 Å². The second-order valence-corrected chi connectivity index (χ2v) is 6.54. The number of nitrogens with one attached hydrogen (secondary N) is 2. The molecule has 2 rings (SSSR count). The summed E-state index contributed by atoms with van der Waals surface area (Å²) >= 11 is 0. The van der Waals surface area contributed by atoms with Crippen molar-refractivity contribution in [1.82, 2.24) is 14.3 Å². The van der Waals surface area contributed by atoms with Crippen molar-refractivity contribution < 1.29 is 13.5 Å². The number of aromatic nitrogens is 2. The van der Waals surface area contributed by atoms with Crippen molar-refractivity contribution in [3.8, 4) is 0 Å². The Kier molecular flexibility index (Phi) is 3.61. The van der Waals surface area contributed by atoms with Crippen LogP contribution in [0.4, 0.5) is 0 Å². The molecule has 0 spiro atoms. The second-order valence-electron chi connectivity index (χ2n) is 4.63. The third-order valence-corrected chi connectivity index (χ3v) is 5.15. The van der Waals surface area contributed by atoms with Crippen LogP contribution in [0.25, 0.3) is 0 Å². The molecule has 2 atom stereocenters. The fourth-order valence-electron chi connectivity index (χ4n) is 1.97. The SMILES string of the molecule is CC1CCN(S(=O)(=O)c2c[nH]c(=O)[nH]c2=O)CC1O. The summed E-state index contributed by atoms with van der Waals surface area (Å²) in [6.45, 7) is 2.02. The first-order chi connectivity index (χ1) is 8.82. The summed E-state index contributed by atoms with van der Waals surface area (Å²) in [5.74, 6) is 0.0142. The van der Waals surface area contributed by atoms with Crippen LogP contribution in [0.5, 0.6) is 0 Å². The Bertz CT molecular complexity index is 677. The van der Waals surface area contributed by atoms with E-state index in [1.54, 1.807) is 0 Å². The van der Waals surface area contributed by atoms with Gasteiger partial charge in [-0.05, 0) is 12.3 Å². The number of piperidine rings is 1. The Morgan fingerprint density at radius 2 is 2.11 bits per heavy atom. The van der Waals surface area contributed by atoms with Gasteiger partial charge in [0.2, 0.25) is 10.0 Å². The van der Waals surface area contributed by atoms with Gasteiger partial charge in [-0.15, -0.1) is 0 Å². The van der Waals surface area contributed by atoms with Crippen LogP contribution in [0.3, 0.4) is 0 Å². The van der Waals surface area contributed by atoms with Gasteiger partial charge in [0.05, 0.1) is 6.10 Å². The van der Waals surface area contributed by atoms with E-state index in [9.17, 15) is 23.1 Å². The van der Waals surface area contributed by atoms with Gasteiger partial charge in [0, 0.05) is 19.3 Å². The largest absolute Gasteiger partial charge is 0.391 e. The lowest BCUT2D eigenvalue weighted by atomic mass is 9.98. The maximum Gasteiger partial charge on any atom is 0.325 e. The van der Waals surface area contributed by atoms with Crippen molar-refractivity contribution >= 4 is 10.0 Å².